The van der Waals surface area contributed by atoms with E-state index in [-0.39, 0.29) is 16.7 Å². The zero-order chi connectivity index (χ0) is 15.6. The standard InChI is InChI=1S/C15H16N2O3S/c1-8(2)13(18)17-15-16-11(12(21-15)14(19)20)10-6-4-5-9(3)7-10/h4-8H,1-3H3,(H,19,20)(H,16,17,18). The molecule has 1 amide bonds. The summed E-state index contributed by atoms with van der Waals surface area (Å²) in [5.74, 6) is -1.42. The fourth-order valence-corrected chi connectivity index (χ4v) is 2.59. The van der Waals surface area contributed by atoms with Crippen molar-refractivity contribution in [1.29, 1.82) is 0 Å². The molecule has 1 aromatic heterocycles. The van der Waals surface area contributed by atoms with E-state index < -0.39 is 5.97 Å². The summed E-state index contributed by atoms with van der Waals surface area (Å²) < 4.78 is 0. The molecule has 0 unspecified atom stereocenters. The van der Waals surface area contributed by atoms with E-state index in [0.29, 0.717) is 10.8 Å². The van der Waals surface area contributed by atoms with Crippen molar-refractivity contribution in [1.82, 2.24) is 4.98 Å². The second-order valence-electron chi connectivity index (χ2n) is 5.02. The quantitative estimate of drug-likeness (QED) is 0.907. The van der Waals surface area contributed by atoms with Crippen LogP contribution in [0.4, 0.5) is 5.13 Å². The zero-order valence-corrected chi connectivity index (χ0v) is 12.8. The Morgan fingerprint density at radius 2 is 2.05 bits per heavy atom. The molecule has 110 valence electrons. The van der Waals surface area contributed by atoms with Crippen LogP contribution >= 0.6 is 11.3 Å². The van der Waals surface area contributed by atoms with Gasteiger partial charge in [-0.1, -0.05) is 48.9 Å². The Hall–Kier alpha value is -2.21. The van der Waals surface area contributed by atoms with Crippen molar-refractivity contribution in [2.45, 2.75) is 20.8 Å². The molecular formula is C15H16N2O3S. The van der Waals surface area contributed by atoms with Crippen molar-refractivity contribution in [3.05, 3.63) is 34.7 Å². The van der Waals surface area contributed by atoms with E-state index in [2.05, 4.69) is 10.3 Å². The number of anilines is 1. The van der Waals surface area contributed by atoms with Gasteiger partial charge in [0.1, 0.15) is 4.88 Å². The van der Waals surface area contributed by atoms with Gasteiger partial charge in [0, 0.05) is 11.5 Å². The van der Waals surface area contributed by atoms with Gasteiger partial charge in [0.05, 0.1) is 5.69 Å². The Morgan fingerprint density at radius 3 is 2.62 bits per heavy atom. The molecule has 0 aliphatic carbocycles. The number of carboxylic acids is 1. The molecule has 0 radical (unpaired) electrons. The van der Waals surface area contributed by atoms with Gasteiger partial charge in [-0.2, -0.15) is 0 Å². The summed E-state index contributed by atoms with van der Waals surface area (Å²) in [6.07, 6.45) is 0. The van der Waals surface area contributed by atoms with Crippen LogP contribution in [0.2, 0.25) is 0 Å². The SMILES string of the molecule is Cc1cccc(-c2nc(NC(=O)C(C)C)sc2C(=O)O)c1. The number of benzene rings is 1. The van der Waals surface area contributed by atoms with E-state index in [0.717, 1.165) is 22.5 Å². The molecule has 2 N–H and O–H groups in total. The van der Waals surface area contributed by atoms with Crippen LogP contribution in [-0.4, -0.2) is 22.0 Å². The highest BCUT2D eigenvalue weighted by atomic mass is 32.1. The first-order valence-corrected chi connectivity index (χ1v) is 7.32. The fraction of sp³-hybridized carbons (Fsp3) is 0.267. The molecule has 0 aliphatic heterocycles. The molecule has 2 rings (SSSR count). The number of aromatic nitrogens is 1. The summed E-state index contributed by atoms with van der Waals surface area (Å²) in [7, 11) is 0. The third kappa shape index (κ3) is 3.46. The monoisotopic (exact) mass is 304 g/mol. The van der Waals surface area contributed by atoms with Gasteiger partial charge in [-0.25, -0.2) is 9.78 Å². The van der Waals surface area contributed by atoms with Gasteiger partial charge in [-0.15, -0.1) is 0 Å². The fourth-order valence-electron chi connectivity index (χ4n) is 1.76. The molecule has 1 heterocycles. The second-order valence-corrected chi connectivity index (χ2v) is 6.01. The van der Waals surface area contributed by atoms with Crippen molar-refractivity contribution in [3.8, 4) is 11.3 Å². The molecule has 0 saturated heterocycles. The average Bonchev–Trinajstić information content (AvgIpc) is 2.82. The average molecular weight is 304 g/mol. The summed E-state index contributed by atoms with van der Waals surface area (Å²) in [5.41, 5.74) is 2.13. The highest BCUT2D eigenvalue weighted by Gasteiger charge is 2.20. The lowest BCUT2D eigenvalue weighted by atomic mass is 10.1. The first-order chi connectivity index (χ1) is 9.88. The van der Waals surface area contributed by atoms with Gasteiger partial charge in [-0.05, 0) is 13.0 Å². The predicted octanol–water partition coefficient (Wildman–Crippen LogP) is 3.41. The third-order valence-electron chi connectivity index (χ3n) is 2.87. The van der Waals surface area contributed by atoms with Gasteiger partial charge < -0.3 is 10.4 Å². The molecule has 0 saturated carbocycles. The van der Waals surface area contributed by atoms with Crippen LogP contribution in [0.25, 0.3) is 11.3 Å². The number of carboxylic acid groups (broad SMARTS) is 1. The normalized spacial score (nSPS) is 10.7. The molecule has 0 fully saturated rings. The van der Waals surface area contributed by atoms with Crippen LogP contribution in [0, 0.1) is 12.8 Å². The third-order valence-corrected chi connectivity index (χ3v) is 3.83. The lowest BCUT2D eigenvalue weighted by Crippen LogP contribution is -2.17. The Morgan fingerprint density at radius 1 is 1.33 bits per heavy atom. The van der Waals surface area contributed by atoms with E-state index in [4.69, 9.17) is 0 Å². The number of carbonyl (C=O) groups excluding carboxylic acids is 1. The molecule has 0 atom stereocenters. The Bertz CT molecular complexity index is 692. The van der Waals surface area contributed by atoms with Gasteiger partial charge in [0.15, 0.2) is 5.13 Å². The van der Waals surface area contributed by atoms with Crippen LogP contribution in [0.1, 0.15) is 29.1 Å². The van der Waals surface area contributed by atoms with Crippen molar-refractivity contribution in [2.24, 2.45) is 5.92 Å². The number of amides is 1. The maximum absolute atomic E-state index is 11.7. The van der Waals surface area contributed by atoms with Crippen LogP contribution in [-0.2, 0) is 4.79 Å². The largest absolute Gasteiger partial charge is 0.477 e. The maximum atomic E-state index is 11.7. The lowest BCUT2D eigenvalue weighted by molar-refractivity contribution is -0.118. The van der Waals surface area contributed by atoms with Crippen LogP contribution < -0.4 is 5.32 Å². The summed E-state index contributed by atoms with van der Waals surface area (Å²) in [4.78, 5) is 27.5. The summed E-state index contributed by atoms with van der Waals surface area (Å²) >= 11 is 0.971. The zero-order valence-electron chi connectivity index (χ0n) is 12.0. The molecule has 0 aliphatic rings. The summed E-state index contributed by atoms with van der Waals surface area (Å²) in [6, 6.07) is 7.46. The molecule has 0 spiro atoms. The number of hydrogen-bond donors (Lipinski definition) is 2. The van der Waals surface area contributed by atoms with Crippen molar-refractivity contribution >= 4 is 28.3 Å². The molecular weight excluding hydrogens is 288 g/mol. The minimum Gasteiger partial charge on any atom is -0.477 e. The predicted molar refractivity (Wildman–Crippen MR) is 82.7 cm³/mol. The van der Waals surface area contributed by atoms with Crippen LogP contribution in [0.5, 0.6) is 0 Å². The number of rotatable bonds is 4. The van der Waals surface area contributed by atoms with Gasteiger partial charge in [-0.3, -0.25) is 4.79 Å². The van der Waals surface area contributed by atoms with E-state index in [9.17, 15) is 14.7 Å². The number of hydrogen-bond acceptors (Lipinski definition) is 4. The molecule has 6 heteroatoms. The molecule has 0 bridgehead atoms. The Kier molecular flexibility index (Phi) is 4.37. The Balaban J connectivity index is 2.43. The number of thiazole rings is 1. The molecule has 1 aromatic carbocycles. The van der Waals surface area contributed by atoms with Gasteiger partial charge in [0.25, 0.3) is 0 Å². The highest BCUT2D eigenvalue weighted by Crippen LogP contribution is 2.31. The number of carbonyl (C=O) groups is 2. The molecule has 2 aromatic rings. The molecule has 21 heavy (non-hydrogen) atoms. The van der Waals surface area contributed by atoms with Crippen LogP contribution in [0.15, 0.2) is 24.3 Å². The minimum atomic E-state index is -1.05. The Labute approximate surface area is 126 Å². The van der Waals surface area contributed by atoms with Crippen molar-refractivity contribution in [3.63, 3.8) is 0 Å². The number of aromatic carboxylic acids is 1. The highest BCUT2D eigenvalue weighted by molar-refractivity contribution is 7.18. The van der Waals surface area contributed by atoms with Crippen LogP contribution in [0.3, 0.4) is 0 Å². The number of nitrogens with zero attached hydrogens (tertiary/aromatic N) is 1. The molecule has 5 nitrogen and oxygen atoms in total. The minimum absolute atomic E-state index is 0.125. The smallest absolute Gasteiger partial charge is 0.348 e. The summed E-state index contributed by atoms with van der Waals surface area (Å²) in [5, 5.41) is 12.3. The first kappa shape index (κ1) is 15.2. The van der Waals surface area contributed by atoms with E-state index in [1.807, 2.05) is 31.2 Å². The van der Waals surface area contributed by atoms with Crippen molar-refractivity contribution < 1.29 is 14.7 Å². The van der Waals surface area contributed by atoms with Crippen molar-refractivity contribution in [2.75, 3.05) is 5.32 Å². The lowest BCUT2D eigenvalue weighted by Gasteiger charge is -2.03. The van der Waals surface area contributed by atoms with E-state index >= 15 is 0 Å². The number of aryl methyl sites for hydroxylation is 1. The first-order valence-electron chi connectivity index (χ1n) is 6.50. The van der Waals surface area contributed by atoms with Gasteiger partial charge in [0.2, 0.25) is 5.91 Å². The summed E-state index contributed by atoms with van der Waals surface area (Å²) in [6.45, 7) is 5.46. The topological polar surface area (TPSA) is 79.3 Å². The van der Waals surface area contributed by atoms with E-state index in [1.165, 1.54) is 0 Å². The number of nitrogens with one attached hydrogen (secondary N) is 1. The second kappa shape index (κ2) is 6.05. The van der Waals surface area contributed by atoms with Gasteiger partial charge >= 0.3 is 5.97 Å². The van der Waals surface area contributed by atoms with E-state index in [1.54, 1.807) is 13.8 Å². The maximum Gasteiger partial charge on any atom is 0.348 e.